The lowest BCUT2D eigenvalue weighted by molar-refractivity contribution is 0.113. The van der Waals surface area contributed by atoms with Gasteiger partial charge in [0, 0.05) is 26.0 Å². The molecule has 0 spiro atoms. The van der Waals surface area contributed by atoms with Gasteiger partial charge in [-0.25, -0.2) is 4.68 Å². The Hall–Kier alpha value is -2.58. The van der Waals surface area contributed by atoms with Crippen molar-refractivity contribution in [3.05, 3.63) is 60.1 Å². The number of rotatable bonds is 10. The minimum atomic E-state index is 0.0159. The zero-order valence-corrected chi connectivity index (χ0v) is 16.0. The van der Waals surface area contributed by atoms with Crippen molar-refractivity contribution in [1.29, 1.82) is 0 Å². The number of nitrogens with zero attached hydrogens (tertiary/aromatic N) is 6. The molecule has 0 saturated carbocycles. The molecule has 0 amide bonds. The van der Waals surface area contributed by atoms with E-state index in [9.17, 15) is 0 Å². The first-order valence-electron chi connectivity index (χ1n) is 9.09. The second-order valence-electron chi connectivity index (χ2n) is 6.79. The van der Waals surface area contributed by atoms with Crippen molar-refractivity contribution in [2.24, 2.45) is 5.92 Å². The lowest BCUT2D eigenvalue weighted by atomic mass is 10.0. The minimum absolute atomic E-state index is 0.0159. The number of aromatic nitrogens is 5. The molecular weight excluding hydrogens is 344 g/mol. The molecule has 0 fully saturated rings. The monoisotopic (exact) mass is 370 g/mol. The maximum atomic E-state index is 5.61. The zero-order chi connectivity index (χ0) is 19.1. The van der Waals surface area contributed by atoms with Crippen LogP contribution in [-0.2, 0) is 24.4 Å². The Labute approximate surface area is 159 Å². The molecule has 1 atom stereocenters. The molecule has 0 N–H and O–H groups in total. The molecule has 0 aromatic carbocycles. The van der Waals surface area contributed by atoms with Crippen molar-refractivity contribution < 1.29 is 9.15 Å². The van der Waals surface area contributed by atoms with Crippen LogP contribution < -0.4 is 0 Å². The molecule has 3 heterocycles. The number of tetrazole rings is 1. The fourth-order valence-electron chi connectivity index (χ4n) is 3.22. The fourth-order valence-corrected chi connectivity index (χ4v) is 3.22. The Bertz CT molecular complexity index is 788. The predicted octanol–water partition coefficient (Wildman–Crippen LogP) is 2.71. The van der Waals surface area contributed by atoms with Crippen LogP contribution in [0.3, 0.4) is 0 Å². The van der Waals surface area contributed by atoms with E-state index in [2.05, 4.69) is 45.3 Å². The standard InChI is InChI=1S/C19H26N6O2/c1-15(2)18(19-21-22-23-25(19)9-11-26-3)24(14-17-7-5-10-27-17)13-16-6-4-8-20-12-16/h4-8,10,12,15,18H,9,11,13-14H2,1-3H3/t18-/m0/s1. The van der Waals surface area contributed by atoms with Crippen LogP contribution in [0.25, 0.3) is 0 Å². The summed E-state index contributed by atoms with van der Waals surface area (Å²) in [6.07, 6.45) is 5.37. The Kier molecular flexibility index (Phi) is 6.67. The first-order chi connectivity index (χ1) is 13.2. The highest BCUT2D eigenvalue weighted by Gasteiger charge is 2.30. The number of hydrogen-bond acceptors (Lipinski definition) is 7. The van der Waals surface area contributed by atoms with Crippen LogP contribution in [0.1, 0.15) is 37.0 Å². The van der Waals surface area contributed by atoms with Crippen molar-refractivity contribution in [2.45, 2.75) is 39.5 Å². The highest BCUT2D eigenvalue weighted by atomic mass is 16.5. The number of furan rings is 1. The largest absolute Gasteiger partial charge is 0.468 e. The first kappa shape index (κ1) is 19.2. The lowest BCUT2D eigenvalue weighted by Gasteiger charge is -2.33. The molecule has 3 aromatic heterocycles. The highest BCUT2D eigenvalue weighted by Crippen LogP contribution is 2.30. The third-order valence-electron chi connectivity index (χ3n) is 4.40. The summed E-state index contributed by atoms with van der Waals surface area (Å²) in [4.78, 5) is 6.58. The first-order valence-corrected chi connectivity index (χ1v) is 9.09. The van der Waals surface area contributed by atoms with Crippen LogP contribution in [0.5, 0.6) is 0 Å². The molecule has 8 nitrogen and oxygen atoms in total. The van der Waals surface area contributed by atoms with E-state index in [1.165, 1.54) is 0 Å². The summed E-state index contributed by atoms with van der Waals surface area (Å²) >= 11 is 0. The van der Waals surface area contributed by atoms with Crippen molar-refractivity contribution in [1.82, 2.24) is 30.1 Å². The van der Waals surface area contributed by atoms with Gasteiger partial charge in [0.25, 0.3) is 0 Å². The maximum absolute atomic E-state index is 5.61. The Balaban J connectivity index is 1.92. The van der Waals surface area contributed by atoms with E-state index < -0.39 is 0 Å². The van der Waals surface area contributed by atoms with E-state index in [1.54, 1.807) is 19.6 Å². The summed E-state index contributed by atoms with van der Waals surface area (Å²) in [5.41, 5.74) is 1.13. The molecule has 0 saturated heterocycles. The van der Waals surface area contributed by atoms with Crippen LogP contribution in [0.15, 0.2) is 47.3 Å². The SMILES string of the molecule is COCCn1nnnc1[C@H](C(C)C)N(Cc1cccnc1)Cc1ccco1. The Morgan fingerprint density at radius 3 is 2.78 bits per heavy atom. The van der Waals surface area contributed by atoms with Gasteiger partial charge in [-0.05, 0) is 40.1 Å². The number of ether oxygens (including phenoxy) is 1. The third-order valence-corrected chi connectivity index (χ3v) is 4.40. The van der Waals surface area contributed by atoms with Crippen molar-refractivity contribution >= 4 is 0 Å². The number of pyridine rings is 1. The van der Waals surface area contributed by atoms with Gasteiger partial charge in [0.05, 0.1) is 32.0 Å². The topological polar surface area (TPSA) is 82.1 Å². The molecule has 3 aromatic rings. The van der Waals surface area contributed by atoms with E-state index in [1.807, 2.05) is 29.1 Å². The van der Waals surface area contributed by atoms with Gasteiger partial charge in [-0.3, -0.25) is 9.88 Å². The predicted molar refractivity (Wildman–Crippen MR) is 99.5 cm³/mol. The van der Waals surface area contributed by atoms with Crippen LogP contribution in [0.2, 0.25) is 0 Å². The molecule has 8 heteroatoms. The number of hydrogen-bond donors (Lipinski definition) is 0. The van der Waals surface area contributed by atoms with Gasteiger partial charge in [-0.2, -0.15) is 0 Å². The Morgan fingerprint density at radius 2 is 2.11 bits per heavy atom. The van der Waals surface area contributed by atoms with E-state index >= 15 is 0 Å². The van der Waals surface area contributed by atoms with Crippen LogP contribution in [-0.4, -0.2) is 43.8 Å². The molecular formula is C19H26N6O2. The van der Waals surface area contributed by atoms with E-state index in [0.29, 0.717) is 32.2 Å². The molecule has 0 aliphatic heterocycles. The summed E-state index contributed by atoms with van der Waals surface area (Å²) < 4.78 is 12.6. The van der Waals surface area contributed by atoms with Gasteiger partial charge in [-0.1, -0.05) is 19.9 Å². The summed E-state index contributed by atoms with van der Waals surface area (Å²) in [5, 5.41) is 12.4. The van der Waals surface area contributed by atoms with Gasteiger partial charge >= 0.3 is 0 Å². The summed E-state index contributed by atoms with van der Waals surface area (Å²) in [7, 11) is 1.68. The Morgan fingerprint density at radius 1 is 1.22 bits per heavy atom. The second kappa shape index (κ2) is 9.38. The third kappa shape index (κ3) is 4.99. The average Bonchev–Trinajstić information content (AvgIpc) is 3.33. The maximum Gasteiger partial charge on any atom is 0.168 e. The van der Waals surface area contributed by atoms with Crippen LogP contribution in [0, 0.1) is 5.92 Å². The molecule has 0 bridgehead atoms. The van der Waals surface area contributed by atoms with Gasteiger partial charge in [0.1, 0.15) is 5.76 Å². The molecule has 0 radical (unpaired) electrons. The molecule has 0 unspecified atom stereocenters. The lowest BCUT2D eigenvalue weighted by Crippen LogP contribution is -2.34. The smallest absolute Gasteiger partial charge is 0.168 e. The van der Waals surface area contributed by atoms with E-state index in [-0.39, 0.29) is 6.04 Å². The quantitative estimate of drug-likeness (QED) is 0.543. The summed E-state index contributed by atoms with van der Waals surface area (Å²) in [5.74, 6) is 2.03. The number of methoxy groups -OCH3 is 1. The average molecular weight is 370 g/mol. The molecule has 144 valence electrons. The van der Waals surface area contributed by atoms with E-state index in [0.717, 1.165) is 17.1 Å². The van der Waals surface area contributed by atoms with Crippen molar-refractivity contribution in [2.75, 3.05) is 13.7 Å². The molecule has 27 heavy (non-hydrogen) atoms. The minimum Gasteiger partial charge on any atom is -0.468 e. The van der Waals surface area contributed by atoms with E-state index in [4.69, 9.17) is 9.15 Å². The van der Waals surface area contributed by atoms with Gasteiger partial charge in [0.15, 0.2) is 5.82 Å². The van der Waals surface area contributed by atoms with Crippen LogP contribution >= 0.6 is 0 Å². The van der Waals surface area contributed by atoms with Gasteiger partial charge < -0.3 is 9.15 Å². The van der Waals surface area contributed by atoms with Crippen LogP contribution in [0.4, 0.5) is 0 Å². The highest BCUT2D eigenvalue weighted by molar-refractivity contribution is 5.10. The molecule has 0 aliphatic rings. The summed E-state index contributed by atoms with van der Waals surface area (Å²) in [6, 6.07) is 7.94. The van der Waals surface area contributed by atoms with Gasteiger partial charge in [0.2, 0.25) is 0 Å². The van der Waals surface area contributed by atoms with Crippen molar-refractivity contribution in [3.8, 4) is 0 Å². The zero-order valence-electron chi connectivity index (χ0n) is 16.0. The van der Waals surface area contributed by atoms with Crippen molar-refractivity contribution in [3.63, 3.8) is 0 Å². The normalized spacial score (nSPS) is 12.8. The summed E-state index contributed by atoms with van der Waals surface area (Å²) in [6.45, 7) is 6.90. The second-order valence-corrected chi connectivity index (χ2v) is 6.79. The fraction of sp³-hybridized carbons (Fsp3) is 0.474. The van der Waals surface area contributed by atoms with Gasteiger partial charge in [-0.15, -0.1) is 5.10 Å². The molecule has 0 aliphatic carbocycles. The molecule has 3 rings (SSSR count).